The number of anilines is 1. The maximum atomic E-state index is 13.5. The first-order valence-corrected chi connectivity index (χ1v) is 15.6. The monoisotopic (exact) mass is 645 g/mol. The number of aromatic nitrogens is 2. The molecule has 1 aromatic heterocycles. The van der Waals surface area contributed by atoms with E-state index < -0.39 is 51.3 Å². The van der Waals surface area contributed by atoms with Gasteiger partial charge in [0.25, 0.3) is 5.91 Å². The molecule has 2 aromatic carbocycles. The lowest BCUT2D eigenvalue weighted by molar-refractivity contribution is -0.137. The third-order valence-corrected chi connectivity index (χ3v) is 8.96. The predicted molar refractivity (Wildman–Crippen MR) is 155 cm³/mol. The SMILES string of the molecule is CCCc1nc(C)c2n1NC(c1cc(S(=O)(=O)NC3CCN(c4ccc(C#N)c(C(F)(F)F)c4)C3=O)ccc1OCC)NC2=O. The molecule has 12 nitrogen and oxygen atoms in total. The molecule has 3 aromatic rings. The fourth-order valence-corrected chi connectivity index (χ4v) is 6.69. The lowest BCUT2D eigenvalue weighted by Crippen LogP contribution is -2.45. The van der Waals surface area contributed by atoms with Gasteiger partial charge < -0.3 is 15.0 Å². The molecule has 2 amide bonds. The highest BCUT2D eigenvalue weighted by Gasteiger charge is 2.39. The average Bonchev–Trinajstić information content (AvgIpc) is 3.50. The number of nitriles is 1. The number of sulfonamides is 1. The summed E-state index contributed by atoms with van der Waals surface area (Å²) in [4.78, 5) is 31.6. The Labute approximate surface area is 257 Å². The summed E-state index contributed by atoms with van der Waals surface area (Å²) in [5.74, 6) is -0.193. The minimum atomic E-state index is -4.82. The van der Waals surface area contributed by atoms with Crippen molar-refractivity contribution in [1.82, 2.24) is 19.7 Å². The summed E-state index contributed by atoms with van der Waals surface area (Å²) in [5, 5.41) is 11.9. The van der Waals surface area contributed by atoms with Crippen LogP contribution in [0.5, 0.6) is 5.75 Å². The van der Waals surface area contributed by atoms with E-state index in [0.29, 0.717) is 41.0 Å². The van der Waals surface area contributed by atoms with Gasteiger partial charge >= 0.3 is 6.18 Å². The molecule has 1 fully saturated rings. The van der Waals surface area contributed by atoms with E-state index in [0.717, 1.165) is 17.4 Å². The van der Waals surface area contributed by atoms with Crippen LogP contribution in [0.4, 0.5) is 18.9 Å². The molecule has 0 radical (unpaired) electrons. The number of carbonyl (C=O) groups excluding carboxylic acids is 2. The van der Waals surface area contributed by atoms with Gasteiger partial charge in [-0.1, -0.05) is 6.92 Å². The molecule has 3 heterocycles. The second-order valence-electron chi connectivity index (χ2n) is 10.5. The van der Waals surface area contributed by atoms with Crippen molar-refractivity contribution in [2.45, 2.75) is 63.3 Å². The zero-order chi connectivity index (χ0) is 32.7. The number of benzene rings is 2. The van der Waals surface area contributed by atoms with E-state index in [9.17, 15) is 31.2 Å². The number of fused-ring (bicyclic) bond motifs is 1. The van der Waals surface area contributed by atoms with Crippen molar-refractivity contribution in [2.24, 2.45) is 0 Å². The molecule has 1 saturated heterocycles. The summed E-state index contributed by atoms with van der Waals surface area (Å²) in [6.07, 6.45) is -4.35. The molecule has 2 unspecified atom stereocenters. The Morgan fingerprint density at radius 1 is 1.18 bits per heavy atom. The highest BCUT2D eigenvalue weighted by Crippen LogP contribution is 2.36. The lowest BCUT2D eigenvalue weighted by Gasteiger charge is -2.30. The van der Waals surface area contributed by atoms with Crippen molar-refractivity contribution in [3.05, 3.63) is 70.3 Å². The van der Waals surface area contributed by atoms with Gasteiger partial charge in [-0.25, -0.2) is 18.1 Å². The van der Waals surface area contributed by atoms with Crippen LogP contribution in [0.3, 0.4) is 0 Å². The number of amides is 2. The Morgan fingerprint density at radius 2 is 1.93 bits per heavy atom. The Morgan fingerprint density at radius 3 is 2.60 bits per heavy atom. The number of hydrogen-bond donors (Lipinski definition) is 3. The molecule has 3 N–H and O–H groups in total. The third-order valence-electron chi connectivity index (χ3n) is 7.49. The van der Waals surface area contributed by atoms with Crippen molar-refractivity contribution in [3.8, 4) is 11.8 Å². The molecule has 2 aliphatic heterocycles. The van der Waals surface area contributed by atoms with Gasteiger partial charge in [-0.3, -0.25) is 15.0 Å². The largest absolute Gasteiger partial charge is 0.493 e. The first kappa shape index (κ1) is 31.8. The molecule has 238 valence electrons. The van der Waals surface area contributed by atoms with Crippen LogP contribution in [-0.4, -0.2) is 49.1 Å². The molecule has 2 atom stereocenters. The molecule has 0 aliphatic carbocycles. The van der Waals surface area contributed by atoms with Gasteiger partial charge in [-0.15, -0.1) is 0 Å². The Bertz CT molecular complexity index is 1820. The number of ether oxygens (including phenoxy) is 1. The molecule has 45 heavy (non-hydrogen) atoms. The molecule has 2 aliphatic rings. The van der Waals surface area contributed by atoms with E-state index in [-0.39, 0.29) is 30.2 Å². The van der Waals surface area contributed by atoms with E-state index in [1.807, 2.05) is 6.92 Å². The second-order valence-corrected chi connectivity index (χ2v) is 12.2. The second kappa shape index (κ2) is 12.1. The van der Waals surface area contributed by atoms with Crippen LogP contribution in [0.25, 0.3) is 0 Å². The van der Waals surface area contributed by atoms with Gasteiger partial charge in [0.15, 0.2) is 5.69 Å². The highest BCUT2D eigenvalue weighted by atomic mass is 32.2. The fourth-order valence-electron chi connectivity index (χ4n) is 5.43. The van der Waals surface area contributed by atoms with E-state index in [4.69, 9.17) is 10.00 Å². The molecule has 0 spiro atoms. The van der Waals surface area contributed by atoms with E-state index in [1.165, 1.54) is 30.3 Å². The summed E-state index contributed by atoms with van der Waals surface area (Å²) in [6.45, 7) is 5.66. The Kier molecular flexibility index (Phi) is 8.51. The Hall–Kier alpha value is -4.62. The van der Waals surface area contributed by atoms with Crippen LogP contribution < -0.4 is 25.1 Å². The average molecular weight is 646 g/mol. The lowest BCUT2D eigenvalue weighted by atomic mass is 10.1. The summed E-state index contributed by atoms with van der Waals surface area (Å²) in [5.41, 5.74) is 2.49. The molecular formula is C29H30F3N7O5S. The standard InChI is InChI=1S/C29H30F3N7O5S/c1-4-6-24-34-16(3)25-27(40)35-26(36-39(24)25)20-14-19(9-10-23(20)44-5-2)45(42,43)37-22-11-12-38(28(22)41)18-8-7-17(15-33)21(13-18)29(30,31)32/h7-10,13-14,22,26,36-37H,4-6,11-12H2,1-3H3,(H,35,40). The predicted octanol–water partition coefficient (Wildman–Crippen LogP) is 3.50. The quantitative estimate of drug-likeness (QED) is 0.319. The summed E-state index contributed by atoms with van der Waals surface area (Å²) in [6, 6.07) is 7.20. The van der Waals surface area contributed by atoms with Crippen molar-refractivity contribution in [3.63, 3.8) is 0 Å². The topological polar surface area (TPSA) is 158 Å². The first-order valence-electron chi connectivity index (χ1n) is 14.2. The number of aryl methyl sites for hydroxylation is 2. The highest BCUT2D eigenvalue weighted by molar-refractivity contribution is 7.89. The number of nitrogens with one attached hydrogen (secondary N) is 3. The number of hydrogen-bond acceptors (Lipinski definition) is 8. The summed E-state index contributed by atoms with van der Waals surface area (Å²) in [7, 11) is -4.34. The smallest absolute Gasteiger partial charge is 0.417 e. The normalized spacial score (nSPS) is 18.3. The zero-order valence-corrected chi connectivity index (χ0v) is 25.3. The van der Waals surface area contributed by atoms with Gasteiger partial charge in [-0.2, -0.15) is 23.2 Å². The van der Waals surface area contributed by atoms with Crippen LogP contribution >= 0.6 is 0 Å². The van der Waals surface area contributed by atoms with Gasteiger partial charge in [0.2, 0.25) is 15.9 Å². The summed E-state index contributed by atoms with van der Waals surface area (Å²) >= 11 is 0. The van der Waals surface area contributed by atoms with Crippen LogP contribution in [-0.2, 0) is 27.4 Å². The zero-order valence-electron chi connectivity index (χ0n) is 24.5. The number of nitrogens with zero attached hydrogens (tertiary/aromatic N) is 4. The molecular weight excluding hydrogens is 615 g/mol. The summed E-state index contributed by atoms with van der Waals surface area (Å²) < 4.78 is 77.2. The number of halogens is 3. The van der Waals surface area contributed by atoms with Crippen LogP contribution in [0.2, 0.25) is 0 Å². The van der Waals surface area contributed by atoms with E-state index in [2.05, 4.69) is 20.4 Å². The molecule has 0 bridgehead atoms. The van der Waals surface area contributed by atoms with Crippen LogP contribution in [0.15, 0.2) is 41.3 Å². The fraction of sp³-hybridized carbons (Fsp3) is 0.379. The van der Waals surface area contributed by atoms with Crippen molar-refractivity contribution < 1.29 is 35.9 Å². The molecule has 16 heteroatoms. The first-order chi connectivity index (χ1) is 21.3. The number of carbonyl (C=O) groups is 2. The molecule has 5 rings (SSSR count). The van der Waals surface area contributed by atoms with Crippen molar-refractivity contribution in [1.29, 1.82) is 5.26 Å². The van der Waals surface area contributed by atoms with Crippen LogP contribution in [0.1, 0.15) is 71.6 Å². The van der Waals surface area contributed by atoms with Gasteiger partial charge in [0.05, 0.1) is 34.4 Å². The number of rotatable bonds is 9. The Balaban J connectivity index is 1.41. The van der Waals surface area contributed by atoms with Gasteiger partial charge in [0, 0.05) is 24.2 Å². The maximum absolute atomic E-state index is 13.5. The minimum Gasteiger partial charge on any atom is -0.493 e. The maximum Gasteiger partial charge on any atom is 0.417 e. The van der Waals surface area contributed by atoms with E-state index >= 15 is 0 Å². The number of alkyl halides is 3. The van der Waals surface area contributed by atoms with Gasteiger partial charge in [-0.05, 0) is 63.1 Å². The van der Waals surface area contributed by atoms with Crippen LogP contribution in [0, 0.1) is 18.3 Å². The van der Waals surface area contributed by atoms with E-state index in [1.54, 1.807) is 18.5 Å². The molecule has 0 saturated carbocycles. The third kappa shape index (κ3) is 6.05. The number of imidazole rings is 1. The minimum absolute atomic E-state index is 0.00744. The van der Waals surface area contributed by atoms with Crippen molar-refractivity contribution >= 4 is 27.5 Å². The van der Waals surface area contributed by atoms with Gasteiger partial charge in [0.1, 0.15) is 23.8 Å². The van der Waals surface area contributed by atoms with Crippen molar-refractivity contribution in [2.75, 3.05) is 23.5 Å².